The highest BCUT2D eigenvalue weighted by molar-refractivity contribution is 5.03. The Labute approximate surface area is 66.1 Å². The Balaban J connectivity index is 2.83. The molecule has 0 amide bonds. The van der Waals surface area contributed by atoms with Gasteiger partial charge in [0.2, 0.25) is 0 Å². The predicted octanol–water partition coefficient (Wildman–Crippen LogP) is 1.09. The molecule has 1 N–H and O–H groups in total. The molecular weight excluding hydrogens is 140 g/mol. The molecule has 1 heterocycles. The van der Waals surface area contributed by atoms with Crippen LogP contribution >= 0.6 is 0 Å². The first-order valence-corrected chi connectivity index (χ1v) is 3.73. The standard InChI is InChI=1S/C8H12N2O/c1-3-7-4-10-8(5-9-7)6(2)11/h4-6,11H,3H2,1-2H3. The Morgan fingerprint density at radius 1 is 1.45 bits per heavy atom. The van der Waals surface area contributed by atoms with Crippen molar-refractivity contribution in [2.24, 2.45) is 0 Å². The van der Waals surface area contributed by atoms with Crippen LogP contribution < -0.4 is 0 Å². The normalized spacial score (nSPS) is 13.0. The lowest BCUT2D eigenvalue weighted by molar-refractivity contribution is 0.193. The summed E-state index contributed by atoms with van der Waals surface area (Å²) in [6, 6.07) is 0. The molecule has 0 spiro atoms. The molecular formula is C8H12N2O. The quantitative estimate of drug-likeness (QED) is 0.690. The number of aromatic nitrogens is 2. The monoisotopic (exact) mass is 152 g/mol. The zero-order valence-corrected chi connectivity index (χ0v) is 6.78. The molecule has 3 heteroatoms. The SMILES string of the molecule is CCc1cnc(C(C)O)cn1. The predicted molar refractivity (Wildman–Crippen MR) is 42.0 cm³/mol. The minimum absolute atomic E-state index is 0.520. The van der Waals surface area contributed by atoms with Gasteiger partial charge in [-0.3, -0.25) is 9.97 Å². The number of aliphatic hydroxyl groups is 1. The highest BCUT2D eigenvalue weighted by Gasteiger charge is 2.01. The van der Waals surface area contributed by atoms with Crippen molar-refractivity contribution in [2.75, 3.05) is 0 Å². The van der Waals surface area contributed by atoms with E-state index in [1.165, 1.54) is 0 Å². The minimum Gasteiger partial charge on any atom is -0.387 e. The second-order valence-corrected chi connectivity index (χ2v) is 2.46. The third kappa shape index (κ3) is 1.98. The van der Waals surface area contributed by atoms with E-state index >= 15 is 0 Å². The zero-order valence-electron chi connectivity index (χ0n) is 6.78. The third-order valence-electron chi connectivity index (χ3n) is 1.52. The van der Waals surface area contributed by atoms with E-state index in [0.717, 1.165) is 12.1 Å². The molecule has 0 bridgehead atoms. The van der Waals surface area contributed by atoms with Gasteiger partial charge in [0.25, 0.3) is 0 Å². The Kier molecular flexibility index (Phi) is 2.54. The molecule has 0 fully saturated rings. The maximum Gasteiger partial charge on any atom is 0.0947 e. The molecule has 0 saturated heterocycles. The molecule has 0 aromatic carbocycles. The van der Waals surface area contributed by atoms with E-state index in [4.69, 9.17) is 5.11 Å². The van der Waals surface area contributed by atoms with E-state index in [1.54, 1.807) is 19.3 Å². The zero-order chi connectivity index (χ0) is 8.27. The fourth-order valence-corrected chi connectivity index (χ4v) is 0.763. The summed E-state index contributed by atoms with van der Waals surface area (Å²) in [5.74, 6) is 0. The summed E-state index contributed by atoms with van der Waals surface area (Å²) in [7, 11) is 0. The van der Waals surface area contributed by atoms with Gasteiger partial charge in [0, 0.05) is 6.20 Å². The fourth-order valence-electron chi connectivity index (χ4n) is 0.763. The van der Waals surface area contributed by atoms with Crippen molar-refractivity contribution in [3.05, 3.63) is 23.8 Å². The van der Waals surface area contributed by atoms with Gasteiger partial charge in [-0.25, -0.2) is 0 Å². The number of hydrogen-bond donors (Lipinski definition) is 1. The van der Waals surface area contributed by atoms with Crippen LogP contribution in [0.25, 0.3) is 0 Å². The van der Waals surface area contributed by atoms with Crippen LogP contribution in [-0.4, -0.2) is 15.1 Å². The molecule has 11 heavy (non-hydrogen) atoms. The van der Waals surface area contributed by atoms with Crippen molar-refractivity contribution in [1.29, 1.82) is 0 Å². The van der Waals surface area contributed by atoms with Gasteiger partial charge in [0.1, 0.15) is 0 Å². The van der Waals surface area contributed by atoms with Gasteiger partial charge in [-0.05, 0) is 13.3 Å². The van der Waals surface area contributed by atoms with Crippen molar-refractivity contribution in [2.45, 2.75) is 26.4 Å². The maximum atomic E-state index is 9.08. The smallest absolute Gasteiger partial charge is 0.0947 e. The summed E-state index contributed by atoms with van der Waals surface area (Å²) in [6.45, 7) is 3.70. The second-order valence-electron chi connectivity index (χ2n) is 2.46. The van der Waals surface area contributed by atoms with Gasteiger partial charge < -0.3 is 5.11 Å². The lowest BCUT2D eigenvalue weighted by atomic mass is 10.3. The molecule has 1 rings (SSSR count). The Bertz CT molecular complexity index is 218. The highest BCUT2D eigenvalue weighted by atomic mass is 16.3. The molecule has 0 aliphatic rings. The molecule has 0 aliphatic heterocycles. The average molecular weight is 152 g/mol. The van der Waals surface area contributed by atoms with Crippen molar-refractivity contribution >= 4 is 0 Å². The molecule has 1 unspecified atom stereocenters. The summed E-state index contributed by atoms with van der Waals surface area (Å²) in [5, 5.41) is 9.08. The van der Waals surface area contributed by atoms with E-state index in [1.807, 2.05) is 6.92 Å². The molecule has 0 radical (unpaired) electrons. The molecule has 1 atom stereocenters. The second kappa shape index (κ2) is 3.44. The minimum atomic E-state index is -0.520. The average Bonchev–Trinajstić information content (AvgIpc) is 2.05. The molecule has 1 aromatic heterocycles. The summed E-state index contributed by atoms with van der Waals surface area (Å²) in [5.41, 5.74) is 1.58. The number of aliphatic hydroxyl groups excluding tert-OH is 1. The molecule has 1 aromatic rings. The molecule has 0 aliphatic carbocycles. The van der Waals surface area contributed by atoms with Crippen LogP contribution in [0.4, 0.5) is 0 Å². The number of nitrogens with zero attached hydrogens (tertiary/aromatic N) is 2. The lowest BCUT2D eigenvalue weighted by Gasteiger charge is -2.02. The summed E-state index contributed by atoms with van der Waals surface area (Å²) >= 11 is 0. The first-order valence-electron chi connectivity index (χ1n) is 3.73. The van der Waals surface area contributed by atoms with Gasteiger partial charge in [-0.1, -0.05) is 6.92 Å². The van der Waals surface area contributed by atoms with E-state index in [-0.39, 0.29) is 0 Å². The van der Waals surface area contributed by atoms with Crippen LogP contribution in [0.1, 0.15) is 31.3 Å². The van der Waals surface area contributed by atoms with Crippen LogP contribution in [0.15, 0.2) is 12.4 Å². The molecule has 3 nitrogen and oxygen atoms in total. The van der Waals surface area contributed by atoms with Crippen molar-refractivity contribution < 1.29 is 5.11 Å². The van der Waals surface area contributed by atoms with Crippen LogP contribution in [0.5, 0.6) is 0 Å². The van der Waals surface area contributed by atoms with Gasteiger partial charge >= 0.3 is 0 Å². The third-order valence-corrected chi connectivity index (χ3v) is 1.52. The van der Waals surface area contributed by atoms with Crippen molar-refractivity contribution in [1.82, 2.24) is 9.97 Å². The van der Waals surface area contributed by atoms with Crippen LogP contribution in [0.2, 0.25) is 0 Å². The van der Waals surface area contributed by atoms with Crippen LogP contribution in [0, 0.1) is 0 Å². The Hall–Kier alpha value is -0.960. The van der Waals surface area contributed by atoms with Gasteiger partial charge in [-0.15, -0.1) is 0 Å². The largest absolute Gasteiger partial charge is 0.387 e. The van der Waals surface area contributed by atoms with E-state index in [2.05, 4.69) is 9.97 Å². The summed E-state index contributed by atoms with van der Waals surface area (Å²) < 4.78 is 0. The highest BCUT2D eigenvalue weighted by Crippen LogP contribution is 2.06. The molecule has 60 valence electrons. The van der Waals surface area contributed by atoms with E-state index in [0.29, 0.717) is 5.69 Å². The first-order chi connectivity index (χ1) is 5.24. The van der Waals surface area contributed by atoms with E-state index < -0.39 is 6.10 Å². The summed E-state index contributed by atoms with van der Waals surface area (Å²) in [6.07, 6.45) is 3.67. The van der Waals surface area contributed by atoms with Crippen molar-refractivity contribution in [3.8, 4) is 0 Å². The van der Waals surface area contributed by atoms with Gasteiger partial charge in [0.15, 0.2) is 0 Å². The Morgan fingerprint density at radius 2 is 2.18 bits per heavy atom. The number of aryl methyl sites for hydroxylation is 1. The number of rotatable bonds is 2. The van der Waals surface area contributed by atoms with Gasteiger partial charge in [0.05, 0.1) is 23.7 Å². The molecule has 0 saturated carbocycles. The maximum absolute atomic E-state index is 9.08. The first kappa shape index (κ1) is 8.14. The van der Waals surface area contributed by atoms with Crippen molar-refractivity contribution in [3.63, 3.8) is 0 Å². The number of hydrogen-bond acceptors (Lipinski definition) is 3. The van der Waals surface area contributed by atoms with Crippen LogP contribution in [0.3, 0.4) is 0 Å². The van der Waals surface area contributed by atoms with Crippen LogP contribution in [-0.2, 0) is 6.42 Å². The van der Waals surface area contributed by atoms with E-state index in [9.17, 15) is 0 Å². The lowest BCUT2D eigenvalue weighted by Crippen LogP contribution is -1.98. The topological polar surface area (TPSA) is 46.0 Å². The summed E-state index contributed by atoms with van der Waals surface area (Å²) in [4.78, 5) is 8.13. The van der Waals surface area contributed by atoms with Gasteiger partial charge in [-0.2, -0.15) is 0 Å². The Morgan fingerprint density at radius 3 is 2.55 bits per heavy atom. The fraction of sp³-hybridized carbons (Fsp3) is 0.500.